The van der Waals surface area contributed by atoms with E-state index in [1.807, 2.05) is 6.92 Å². The quantitative estimate of drug-likeness (QED) is 0.736. The number of benzene rings is 1. The number of rotatable bonds is 2. The molecule has 0 unspecified atom stereocenters. The third-order valence-electron chi connectivity index (χ3n) is 2.81. The van der Waals surface area contributed by atoms with Gasteiger partial charge in [-0.2, -0.15) is 0 Å². The summed E-state index contributed by atoms with van der Waals surface area (Å²) in [5.41, 5.74) is 8.38. The summed E-state index contributed by atoms with van der Waals surface area (Å²) in [6.45, 7) is 5.35. The number of carbonyl (C=O) groups excluding carboxylic acids is 1. The van der Waals surface area contributed by atoms with E-state index in [1.54, 1.807) is 26.0 Å². The molecule has 0 aliphatic heterocycles. The van der Waals surface area contributed by atoms with E-state index in [-0.39, 0.29) is 11.7 Å². The lowest BCUT2D eigenvalue weighted by Crippen LogP contribution is -2.12. The normalized spacial score (nSPS) is 10.5. The highest BCUT2D eigenvalue weighted by Crippen LogP contribution is 2.27. The molecule has 0 fully saturated rings. The zero-order chi connectivity index (χ0) is 14.2. The smallest absolute Gasteiger partial charge is 0.267 e. The Morgan fingerprint density at radius 1 is 1.32 bits per heavy atom. The van der Waals surface area contributed by atoms with E-state index in [0.717, 1.165) is 16.9 Å². The Kier molecular flexibility index (Phi) is 3.44. The second kappa shape index (κ2) is 4.89. The number of hydrogen-bond donors (Lipinski definition) is 3. The number of carbonyl (C=O) groups is 1. The first-order valence-corrected chi connectivity index (χ1v) is 6.54. The fourth-order valence-corrected chi connectivity index (χ4v) is 2.47. The molecule has 1 amide bonds. The molecule has 2 aromatic rings. The molecule has 1 aromatic carbocycles. The average Bonchev–Trinajstić information content (AvgIpc) is 2.65. The number of hydrogen-bond acceptors (Lipinski definition) is 5. The molecule has 100 valence electrons. The number of anilines is 2. The number of aromatic nitrogens is 1. The van der Waals surface area contributed by atoms with Crippen LogP contribution in [0.4, 0.5) is 10.8 Å². The summed E-state index contributed by atoms with van der Waals surface area (Å²) < 4.78 is 0. The van der Waals surface area contributed by atoms with Crippen LogP contribution >= 0.6 is 11.3 Å². The van der Waals surface area contributed by atoms with E-state index in [0.29, 0.717) is 27.0 Å². The molecular weight excluding hydrogens is 262 g/mol. The minimum Gasteiger partial charge on any atom is -0.508 e. The van der Waals surface area contributed by atoms with Crippen LogP contribution < -0.4 is 11.1 Å². The summed E-state index contributed by atoms with van der Waals surface area (Å²) in [4.78, 5) is 16.7. The van der Waals surface area contributed by atoms with Gasteiger partial charge in [0.15, 0.2) is 5.13 Å². The van der Waals surface area contributed by atoms with Crippen molar-refractivity contribution in [2.45, 2.75) is 20.8 Å². The van der Waals surface area contributed by atoms with Crippen molar-refractivity contribution in [3.63, 3.8) is 0 Å². The Morgan fingerprint density at radius 2 is 2.00 bits per heavy atom. The van der Waals surface area contributed by atoms with Gasteiger partial charge in [-0.25, -0.2) is 4.98 Å². The van der Waals surface area contributed by atoms with Gasteiger partial charge in [0.05, 0.1) is 5.69 Å². The molecule has 0 aliphatic carbocycles. The molecule has 0 spiro atoms. The molecule has 0 saturated carbocycles. The zero-order valence-electron chi connectivity index (χ0n) is 10.9. The maximum atomic E-state index is 12.1. The summed E-state index contributed by atoms with van der Waals surface area (Å²) in [6.07, 6.45) is 0. The highest BCUT2D eigenvalue weighted by atomic mass is 32.1. The van der Waals surface area contributed by atoms with E-state index < -0.39 is 0 Å². The first-order chi connectivity index (χ1) is 8.88. The Balaban J connectivity index is 2.29. The van der Waals surface area contributed by atoms with Crippen LogP contribution in [0.3, 0.4) is 0 Å². The van der Waals surface area contributed by atoms with Crippen LogP contribution in [0.5, 0.6) is 5.75 Å². The summed E-state index contributed by atoms with van der Waals surface area (Å²) in [5, 5.41) is 12.8. The maximum Gasteiger partial charge on any atom is 0.267 e. The molecule has 1 aromatic heterocycles. The minimum atomic E-state index is -0.236. The Labute approximate surface area is 115 Å². The fourth-order valence-electron chi connectivity index (χ4n) is 1.74. The first kappa shape index (κ1) is 13.4. The second-order valence-electron chi connectivity index (χ2n) is 4.37. The minimum absolute atomic E-state index is 0.216. The van der Waals surface area contributed by atoms with Crippen molar-refractivity contribution in [2.24, 2.45) is 0 Å². The van der Waals surface area contributed by atoms with Gasteiger partial charge >= 0.3 is 0 Å². The van der Waals surface area contributed by atoms with Crippen LogP contribution in [0.2, 0.25) is 0 Å². The number of nitrogens with two attached hydrogens (primary N) is 1. The molecule has 0 saturated heterocycles. The van der Waals surface area contributed by atoms with Gasteiger partial charge in [0, 0.05) is 5.69 Å². The van der Waals surface area contributed by atoms with Gasteiger partial charge in [0.2, 0.25) is 0 Å². The van der Waals surface area contributed by atoms with Crippen molar-refractivity contribution < 1.29 is 9.90 Å². The van der Waals surface area contributed by atoms with Crippen molar-refractivity contribution in [1.82, 2.24) is 4.98 Å². The van der Waals surface area contributed by atoms with Gasteiger partial charge in [0.25, 0.3) is 5.91 Å². The van der Waals surface area contributed by atoms with Gasteiger partial charge < -0.3 is 16.2 Å². The molecule has 1 heterocycles. The summed E-state index contributed by atoms with van der Waals surface area (Å²) in [6, 6.07) is 3.36. The zero-order valence-corrected chi connectivity index (χ0v) is 11.8. The van der Waals surface area contributed by atoms with E-state index in [4.69, 9.17) is 5.73 Å². The second-order valence-corrected chi connectivity index (χ2v) is 5.41. The average molecular weight is 277 g/mol. The van der Waals surface area contributed by atoms with Crippen LogP contribution in [0.25, 0.3) is 0 Å². The standard InChI is InChI=1S/C13H15N3O2S/c1-6-5-10(17)7(2)4-9(6)16-12(18)11-8(3)15-13(14)19-11/h4-5,17H,1-3H3,(H2,14,15)(H,16,18). The highest BCUT2D eigenvalue weighted by Gasteiger charge is 2.15. The van der Waals surface area contributed by atoms with Crippen LogP contribution in [-0.2, 0) is 0 Å². The molecule has 0 radical (unpaired) electrons. The Hall–Kier alpha value is -2.08. The molecule has 0 atom stereocenters. The van der Waals surface area contributed by atoms with Gasteiger partial charge in [0.1, 0.15) is 10.6 Å². The molecule has 2 rings (SSSR count). The highest BCUT2D eigenvalue weighted by molar-refractivity contribution is 7.17. The number of aryl methyl sites for hydroxylation is 3. The van der Waals surface area contributed by atoms with Crippen LogP contribution in [-0.4, -0.2) is 16.0 Å². The molecule has 6 heteroatoms. The fraction of sp³-hybridized carbons (Fsp3) is 0.231. The number of amides is 1. The third kappa shape index (κ3) is 2.68. The van der Waals surface area contributed by atoms with Crippen molar-refractivity contribution in [3.05, 3.63) is 33.8 Å². The van der Waals surface area contributed by atoms with E-state index >= 15 is 0 Å². The monoisotopic (exact) mass is 277 g/mol. The number of nitrogens with zero attached hydrogens (tertiary/aromatic N) is 1. The predicted octanol–water partition coefficient (Wildman–Crippen LogP) is 2.61. The van der Waals surface area contributed by atoms with Crippen LogP contribution in [0.15, 0.2) is 12.1 Å². The van der Waals surface area contributed by atoms with Crippen molar-refractivity contribution in [3.8, 4) is 5.75 Å². The lowest BCUT2D eigenvalue weighted by atomic mass is 10.1. The summed E-state index contributed by atoms with van der Waals surface area (Å²) in [5.74, 6) is -0.0198. The number of phenols is 1. The first-order valence-electron chi connectivity index (χ1n) is 5.73. The number of aromatic hydroxyl groups is 1. The predicted molar refractivity (Wildman–Crippen MR) is 76.8 cm³/mol. The topological polar surface area (TPSA) is 88.2 Å². The van der Waals surface area contributed by atoms with Crippen molar-refractivity contribution in [2.75, 3.05) is 11.1 Å². The van der Waals surface area contributed by atoms with Gasteiger partial charge in [-0.15, -0.1) is 0 Å². The molecular formula is C13H15N3O2S. The van der Waals surface area contributed by atoms with E-state index in [1.165, 1.54) is 0 Å². The number of nitrogens with one attached hydrogen (secondary N) is 1. The van der Waals surface area contributed by atoms with Crippen LogP contribution in [0, 0.1) is 20.8 Å². The molecule has 0 bridgehead atoms. The number of phenolic OH excluding ortho intramolecular Hbond substituents is 1. The lowest BCUT2D eigenvalue weighted by Gasteiger charge is -2.10. The molecule has 4 N–H and O–H groups in total. The molecule has 19 heavy (non-hydrogen) atoms. The number of thiazole rings is 1. The van der Waals surface area contributed by atoms with Gasteiger partial charge in [-0.1, -0.05) is 11.3 Å². The Morgan fingerprint density at radius 3 is 2.58 bits per heavy atom. The Bertz CT molecular complexity index is 650. The third-order valence-corrected chi connectivity index (χ3v) is 3.80. The maximum absolute atomic E-state index is 12.1. The largest absolute Gasteiger partial charge is 0.508 e. The molecule has 5 nitrogen and oxygen atoms in total. The van der Waals surface area contributed by atoms with E-state index in [9.17, 15) is 9.90 Å². The SMILES string of the molecule is Cc1cc(NC(=O)c2sc(N)nc2C)c(C)cc1O. The van der Waals surface area contributed by atoms with Gasteiger partial charge in [-0.05, 0) is 44.0 Å². The number of nitrogen functional groups attached to an aromatic ring is 1. The van der Waals surface area contributed by atoms with Crippen LogP contribution in [0.1, 0.15) is 26.5 Å². The lowest BCUT2D eigenvalue weighted by molar-refractivity contribution is 0.102. The van der Waals surface area contributed by atoms with Crippen molar-refractivity contribution >= 4 is 28.1 Å². The van der Waals surface area contributed by atoms with Crippen molar-refractivity contribution in [1.29, 1.82) is 0 Å². The summed E-state index contributed by atoms with van der Waals surface area (Å²) >= 11 is 1.16. The van der Waals surface area contributed by atoms with E-state index in [2.05, 4.69) is 10.3 Å². The summed E-state index contributed by atoms with van der Waals surface area (Å²) in [7, 11) is 0. The molecule has 0 aliphatic rings. The van der Waals surface area contributed by atoms with Gasteiger partial charge in [-0.3, -0.25) is 4.79 Å².